The molecular formula is C15H20N2O4. The Balaban J connectivity index is 1.85. The molecule has 0 atom stereocenters. The zero-order chi connectivity index (χ0) is 15.2. The number of nitro benzene ring substituents is 1. The van der Waals surface area contributed by atoms with Crippen LogP contribution in [0.3, 0.4) is 0 Å². The number of methoxy groups -OCH3 is 1. The van der Waals surface area contributed by atoms with Crippen LogP contribution in [0.2, 0.25) is 0 Å². The van der Waals surface area contributed by atoms with E-state index >= 15 is 0 Å². The Hall–Kier alpha value is -1.95. The van der Waals surface area contributed by atoms with E-state index in [1.807, 2.05) is 6.07 Å². The van der Waals surface area contributed by atoms with Crippen molar-refractivity contribution in [1.82, 2.24) is 4.90 Å². The van der Waals surface area contributed by atoms with Gasteiger partial charge in [-0.3, -0.25) is 14.9 Å². The third kappa shape index (κ3) is 4.01. The van der Waals surface area contributed by atoms with E-state index in [2.05, 4.69) is 4.90 Å². The minimum atomic E-state index is -0.335. The number of esters is 1. The van der Waals surface area contributed by atoms with Gasteiger partial charge in [0.05, 0.1) is 18.0 Å². The zero-order valence-corrected chi connectivity index (χ0v) is 12.2. The SMILES string of the molecule is COC(=O)C1CCN(CCc2ccccc2[N+](=O)[O-])CC1. The number of carbonyl (C=O) groups excluding carboxylic acids is 1. The molecule has 114 valence electrons. The fourth-order valence-electron chi connectivity index (χ4n) is 2.74. The summed E-state index contributed by atoms with van der Waals surface area (Å²) in [5.41, 5.74) is 0.944. The predicted molar refractivity (Wildman–Crippen MR) is 78.0 cm³/mol. The molecule has 21 heavy (non-hydrogen) atoms. The molecule has 1 aromatic carbocycles. The Bertz CT molecular complexity index is 510. The second-order valence-corrected chi connectivity index (χ2v) is 5.27. The standard InChI is InChI=1S/C15H20N2O4/c1-21-15(18)13-7-10-16(11-8-13)9-6-12-4-2-3-5-14(12)17(19)20/h2-5,13H,6-11H2,1H3. The van der Waals surface area contributed by atoms with Gasteiger partial charge in [-0.1, -0.05) is 18.2 Å². The van der Waals surface area contributed by atoms with Crippen LogP contribution in [0.5, 0.6) is 0 Å². The second-order valence-electron chi connectivity index (χ2n) is 5.27. The molecule has 0 N–H and O–H groups in total. The first-order valence-corrected chi connectivity index (χ1v) is 7.14. The molecule has 1 fully saturated rings. The number of nitro groups is 1. The number of likely N-dealkylation sites (tertiary alicyclic amines) is 1. The monoisotopic (exact) mass is 292 g/mol. The zero-order valence-electron chi connectivity index (χ0n) is 12.2. The summed E-state index contributed by atoms with van der Waals surface area (Å²) in [5.74, 6) is -0.134. The number of ether oxygens (including phenoxy) is 1. The molecule has 0 spiro atoms. The summed E-state index contributed by atoms with van der Waals surface area (Å²) >= 11 is 0. The summed E-state index contributed by atoms with van der Waals surface area (Å²) < 4.78 is 4.76. The lowest BCUT2D eigenvalue weighted by molar-refractivity contribution is -0.385. The number of hydrogen-bond acceptors (Lipinski definition) is 5. The van der Waals surface area contributed by atoms with E-state index in [0.29, 0.717) is 6.42 Å². The Labute approximate surface area is 123 Å². The van der Waals surface area contributed by atoms with Gasteiger partial charge in [-0.05, 0) is 32.4 Å². The molecule has 0 saturated carbocycles. The summed E-state index contributed by atoms with van der Waals surface area (Å²) in [5, 5.41) is 11.0. The second kappa shape index (κ2) is 7.17. The van der Waals surface area contributed by atoms with Gasteiger partial charge in [0, 0.05) is 18.2 Å². The fourth-order valence-corrected chi connectivity index (χ4v) is 2.74. The number of carbonyl (C=O) groups is 1. The van der Waals surface area contributed by atoms with Crippen molar-refractivity contribution in [3.63, 3.8) is 0 Å². The molecule has 1 aromatic rings. The first-order valence-electron chi connectivity index (χ1n) is 7.14. The molecular weight excluding hydrogens is 272 g/mol. The summed E-state index contributed by atoms with van der Waals surface area (Å²) in [6.45, 7) is 2.44. The number of benzene rings is 1. The largest absolute Gasteiger partial charge is 0.469 e. The van der Waals surface area contributed by atoms with Crippen molar-refractivity contribution in [2.24, 2.45) is 5.92 Å². The molecule has 0 unspecified atom stereocenters. The van der Waals surface area contributed by atoms with Crippen LogP contribution in [0.25, 0.3) is 0 Å². The van der Waals surface area contributed by atoms with Crippen molar-refractivity contribution in [3.05, 3.63) is 39.9 Å². The van der Waals surface area contributed by atoms with Gasteiger partial charge in [0.2, 0.25) is 0 Å². The Kier molecular flexibility index (Phi) is 5.27. The lowest BCUT2D eigenvalue weighted by Gasteiger charge is -2.30. The number of piperidine rings is 1. The van der Waals surface area contributed by atoms with Gasteiger partial charge in [-0.25, -0.2) is 0 Å². The summed E-state index contributed by atoms with van der Waals surface area (Å²) in [4.78, 5) is 24.3. The van der Waals surface area contributed by atoms with Crippen molar-refractivity contribution in [1.29, 1.82) is 0 Å². The fraction of sp³-hybridized carbons (Fsp3) is 0.533. The van der Waals surface area contributed by atoms with Gasteiger partial charge >= 0.3 is 5.97 Å². The molecule has 6 heteroatoms. The van der Waals surface area contributed by atoms with Crippen molar-refractivity contribution in [2.75, 3.05) is 26.7 Å². The van der Waals surface area contributed by atoms with E-state index in [9.17, 15) is 14.9 Å². The van der Waals surface area contributed by atoms with Gasteiger partial charge in [-0.15, -0.1) is 0 Å². The quantitative estimate of drug-likeness (QED) is 0.471. The van der Waals surface area contributed by atoms with Crippen LogP contribution in [-0.4, -0.2) is 42.5 Å². The Morgan fingerprint density at radius 3 is 2.67 bits per heavy atom. The molecule has 1 aliphatic rings. The first-order chi connectivity index (χ1) is 10.1. The average Bonchev–Trinajstić information content (AvgIpc) is 2.52. The van der Waals surface area contributed by atoms with E-state index in [0.717, 1.165) is 38.0 Å². The van der Waals surface area contributed by atoms with Crippen molar-refractivity contribution < 1.29 is 14.5 Å². The van der Waals surface area contributed by atoms with Gasteiger partial charge in [0.1, 0.15) is 0 Å². The van der Waals surface area contributed by atoms with Crippen LogP contribution >= 0.6 is 0 Å². The molecule has 1 heterocycles. The molecule has 2 rings (SSSR count). The Morgan fingerprint density at radius 2 is 2.05 bits per heavy atom. The molecule has 1 saturated heterocycles. The minimum Gasteiger partial charge on any atom is -0.469 e. The van der Waals surface area contributed by atoms with Gasteiger partial charge in [-0.2, -0.15) is 0 Å². The predicted octanol–water partition coefficient (Wildman–Crippen LogP) is 2.02. The molecule has 0 amide bonds. The average molecular weight is 292 g/mol. The van der Waals surface area contributed by atoms with Crippen LogP contribution in [0.4, 0.5) is 5.69 Å². The van der Waals surface area contributed by atoms with E-state index < -0.39 is 0 Å². The van der Waals surface area contributed by atoms with Crippen LogP contribution in [-0.2, 0) is 16.0 Å². The van der Waals surface area contributed by atoms with E-state index in [1.54, 1.807) is 18.2 Å². The Morgan fingerprint density at radius 1 is 1.38 bits per heavy atom. The lowest BCUT2D eigenvalue weighted by atomic mass is 9.96. The molecule has 0 radical (unpaired) electrons. The number of rotatable bonds is 5. The first kappa shape index (κ1) is 15.4. The summed E-state index contributed by atoms with van der Waals surface area (Å²) in [7, 11) is 1.42. The van der Waals surface area contributed by atoms with Crippen LogP contribution in [0.1, 0.15) is 18.4 Å². The smallest absolute Gasteiger partial charge is 0.308 e. The normalized spacial score (nSPS) is 16.6. The lowest BCUT2D eigenvalue weighted by Crippen LogP contribution is -2.37. The molecule has 0 aliphatic carbocycles. The number of nitrogens with zero attached hydrogens (tertiary/aromatic N) is 2. The molecule has 0 bridgehead atoms. The van der Waals surface area contributed by atoms with Gasteiger partial charge in [0.25, 0.3) is 5.69 Å². The van der Waals surface area contributed by atoms with Crippen molar-refractivity contribution in [3.8, 4) is 0 Å². The van der Waals surface area contributed by atoms with Crippen molar-refractivity contribution in [2.45, 2.75) is 19.3 Å². The summed E-state index contributed by atoms with van der Waals surface area (Å²) in [6.07, 6.45) is 2.24. The third-order valence-electron chi connectivity index (χ3n) is 4.01. The summed E-state index contributed by atoms with van der Waals surface area (Å²) in [6, 6.07) is 6.85. The number of hydrogen-bond donors (Lipinski definition) is 0. The maximum Gasteiger partial charge on any atom is 0.308 e. The van der Waals surface area contributed by atoms with Crippen molar-refractivity contribution >= 4 is 11.7 Å². The van der Waals surface area contributed by atoms with E-state index in [-0.39, 0.29) is 22.5 Å². The van der Waals surface area contributed by atoms with Gasteiger partial charge < -0.3 is 9.64 Å². The van der Waals surface area contributed by atoms with Crippen LogP contribution < -0.4 is 0 Å². The highest BCUT2D eigenvalue weighted by Gasteiger charge is 2.25. The van der Waals surface area contributed by atoms with Gasteiger partial charge in [0.15, 0.2) is 0 Å². The van der Waals surface area contributed by atoms with Crippen LogP contribution in [0.15, 0.2) is 24.3 Å². The highest BCUT2D eigenvalue weighted by atomic mass is 16.6. The highest BCUT2D eigenvalue weighted by Crippen LogP contribution is 2.21. The van der Waals surface area contributed by atoms with E-state index in [1.165, 1.54) is 7.11 Å². The highest BCUT2D eigenvalue weighted by molar-refractivity contribution is 5.72. The van der Waals surface area contributed by atoms with Crippen LogP contribution in [0, 0.1) is 16.0 Å². The molecule has 6 nitrogen and oxygen atoms in total. The third-order valence-corrected chi connectivity index (χ3v) is 4.01. The van der Waals surface area contributed by atoms with E-state index in [4.69, 9.17) is 4.74 Å². The maximum atomic E-state index is 11.5. The minimum absolute atomic E-state index is 0.00249. The molecule has 0 aromatic heterocycles. The topological polar surface area (TPSA) is 72.7 Å². The maximum absolute atomic E-state index is 11.5. The molecule has 1 aliphatic heterocycles. The number of para-hydroxylation sites is 1.